The van der Waals surface area contributed by atoms with Gasteiger partial charge in [-0.15, -0.1) is 0 Å². The Balaban J connectivity index is 1.02. The van der Waals surface area contributed by atoms with E-state index in [1.54, 1.807) is 0 Å². The van der Waals surface area contributed by atoms with Gasteiger partial charge in [0, 0.05) is 19.6 Å². The largest absolute Gasteiger partial charge is 0.507 e. The second-order valence-electron chi connectivity index (χ2n) is 14.2. The Labute approximate surface area is 286 Å². The summed E-state index contributed by atoms with van der Waals surface area (Å²) in [5.41, 5.74) is 2.76. The molecule has 0 radical (unpaired) electrons. The average Bonchev–Trinajstić information content (AvgIpc) is 3.24. The maximum atomic E-state index is 13.0. The zero-order valence-electron chi connectivity index (χ0n) is 29.9. The molecule has 0 atom stereocenters. The summed E-state index contributed by atoms with van der Waals surface area (Å²) in [4.78, 5) is 27.0. The molecule has 11 heteroatoms. The second-order valence-corrected chi connectivity index (χ2v) is 14.2. The lowest BCUT2D eigenvalue weighted by Gasteiger charge is -2.39. The van der Waals surface area contributed by atoms with E-state index in [0.29, 0.717) is 64.7 Å². The first-order valence-electron chi connectivity index (χ1n) is 17.5. The van der Waals surface area contributed by atoms with Gasteiger partial charge in [0.1, 0.15) is 17.8 Å². The fourth-order valence-corrected chi connectivity index (χ4v) is 6.85. The van der Waals surface area contributed by atoms with Gasteiger partial charge >= 0.3 is 11.9 Å². The van der Waals surface area contributed by atoms with E-state index in [9.17, 15) is 14.7 Å². The van der Waals surface area contributed by atoms with Crippen LogP contribution >= 0.6 is 0 Å². The van der Waals surface area contributed by atoms with E-state index in [1.807, 2.05) is 53.7 Å². The van der Waals surface area contributed by atoms with Gasteiger partial charge in [-0.1, -0.05) is 17.7 Å². The van der Waals surface area contributed by atoms with Crippen LogP contribution in [0.1, 0.15) is 81.5 Å². The molecule has 1 aromatic rings. The van der Waals surface area contributed by atoms with Crippen LogP contribution in [-0.2, 0) is 42.7 Å². The number of benzene rings is 1. The SMILES string of the molecule is Cc1cc(C)c(C2=C(O)C3(CCC(OC4CCN(CCOCCOCCOCCOCC(=O)OC(C)(C)C)CC4)CC3)OC2=O)c(C)c1. The van der Waals surface area contributed by atoms with Crippen LogP contribution in [0.4, 0.5) is 0 Å². The third-order valence-electron chi connectivity index (χ3n) is 9.06. The Morgan fingerprint density at radius 2 is 1.38 bits per heavy atom. The molecule has 1 aliphatic carbocycles. The fourth-order valence-electron chi connectivity index (χ4n) is 6.85. The fraction of sp³-hybridized carbons (Fsp3) is 0.730. The average molecular weight is 676 g/mol. The Morgan fingerprint density at radius 3 is 1.94 bits per heavy atom. The van der Waals surface area contributed by atoms with Crippen molar-refractivity contribution in [2.24, 2.45) is 0 Å². The zero-order valence-corrected chi connectivity index (χ0v) is 29.9. The van der Waals surface area contributed by atoms with Crippen molar-refractivity contribution in [2.75, 3.05) is 72.5 Å². The number of piperidine rings is 1. The van der Waals surface area contributed by atoms with Crippen molar-refractivity contribution in [2.45, 2.75) is 103 Å². The summed E-state index contributed by atoms with van der Waals surface area (Å²) in [6.07, 6.45) is 4.93. The summed E-state index contributed by atoms with van der Waals surface area (Å²) >= 11 is 0. The highest BCUT2D eigenvalue weighted by atomic mass is 16.6. The highest BCUT2D eigenvalue weighted by Crippen LogP contribution is 2.47. The summed E-state index contributed by atoms with van der Waals surface area (Å²) in [5, 5.41) is 11.3. The minimum atomic E-state index is -0.931. The van der Waals surface area contributed by atoms with Gasteiger partial charge in [-0.05, 0) is 96.8 Å². The second kappa shape index (κ2) is 17.9. The Kier molecular flexibility index (Phi) is 14.3. The molecule has 48 heavy (non-hydrogen) atoms. The number of esters is 2. The van der Waals surface area contributed by atoms with Crippen LogP contribution in [0, 0.1) is 20.8 Å². The zero-order chi connectivity index (χ0) is 34.7. The monoisotopic (exact) mass is 675 g/mol. The van der Waals surface area contributed by atoms with Crippen molar-refractivity contribution >= 4 is 17.5 Å². The number of aliphatic hydroxyl groups is 1. The molecule has 0 bridgehead atoms. The summed E-state index contributed by atoms with van der Waals surface area (Å²) < 4.78 is 39.6. The van der Waals surface area contributed by atoms with Crippen LogP contribution in [0.5, 0.6) is 0 Å². The molecule has 2 aliphatic heterocycles. The molecule has 3 aliphatic rings. The lowest BCUT2D eigenvalue weighted by Crippen LogP contribution is -2.43. The first-order valence-corrected chi connectivity index (χ1v) is 17.5. The number of hydrogen-bond acceptors (Lipinski definition) is 11. The first-order chi connectivity index (χ1) is 22.9. The summed E-state index contributed by atoms with van der Waals surface area (Å²) in [6, 6.07) is 4.08. The van der Waals surface area contributed by atoms with E-state index in [4.69, 9.17) is 33.2 Å². The number of aliphatic hydroxyl groups excluding tert-OH is 1. The highest BCUT2D eigenvalue weighted by Gasteiger charge is 2.51. The molecule has 1 spiro atoms. The van der Waals surface area contributed by atoms with E-state index < -0.39 is 17.2 Å². The minimum Gasteiger partial charge on any atom is -0.507 e. The molecular formula is C37H57NO10. The molecule has 1 saturated heterocycles. The lowest BCUT2D eigenvalue weighted by molar-refractivity contribution is -0.160. The summed E-state index contributed by atoms with van der Waals surface area (Å²) in [5.74, 6) is -0.714. The number of ether oxygens (including phenoxy) is 7. The van der Waals surface area contributed by atoms with Crippen molar-refractivity contribution < 1.29 is 47.9 Å². The van der Waals surface area contributed by atoms with Gasteiger partial charge in [0.15, 0.2) is 11.4 Å². The standard InChI is InChI=1S/C37H57NO10/c1-26-23-27(2)32(28(3)24-26)33-34(40)37(48-35(33)41)11-7-29(8-12-37)46-30-9-13-38(14-10-30)15-16-42-17-18-43-19-20-44-21-22-45-25-31(39)47-36(4,5)6/h23-24,29-30,40H,7-22,25H2,1-6H3. The van der Waals surface area contributed by atoms with E-state index in [2.05, 4.69) is 4.90 Å². The van der Waals surface area contributed by atoms with Gasteiger partial charge < -0.3 is 43.2 Å². The van der Waals surface area contributed by atoms with Crippen LogP contribution in [0.25, 0.3) is 5.57 Å². The summed E-state index contributed by atoms with van der Waals surface area (Å²) in [6.45, 7) is 17.5. The maximum Gasteiger partial charge on any atom is 0.343 e. The Bertz CT molecular complexity index is 1220. The normalized spacial score (nSPS) is 22.5. The molecule has 0 amide bonds. The lowest BCUT2D eigenvalue weighted by atomic mass is 9.80. The van der Waals surface area contributed by atoms with E-state index >= 15 is 0 Å². The van der Waals surface area contributed by atoms with Gasteiger partial charge in [-0.25, -0.2) is 9.59 Å². The number of aryl methyl sites for hydroxylation is 3. The number of rotatable bonds is 17. The van der Waals surface area contributed by atoms with Crippen molar-refractivity contribution in [1.82, 2.24) is 4.90 Å². The van der Waals surface area contributed by atoms with Crippen molar-refractivity contribution in [3.63, 3.8) is 0 Å². The topological polar surface area (TPSA) is 122 Å². The maximum absolute atomic E-state index is 13.0. The number of nitrogens with zero attached hydrogens (tertiary/aromatic N) is 1. The number of carbonyl (C=O) groups excluding carboxylic acids is 2. The van der Waals surface area contributed by atoms with Gasteiger partial charge in [0.25, 0.3) is 0 Å². The number of likely N-dealkylation sites (tertiary alicyclic amines) is 1. The van der Waals surface area contributed by atoms with Crippen molar-refractivity contribution in [3.05, 3.63) is 40.1 Å². The molecule has 2 fully saturated rings. The van der Waals surface area contributed by atoms with E-state index in [-0.39, 0.29) is 30.5 Å². The first kappa shape index (κ1) is 38.3. The molecule has 2 heterocycles. The third-order valence-corrected chi connectivity index (χ3v) is 9.06. The molecule has 0 aromatic heterocycles. The quantitative estimate of drug-likeness (QED) is 0.177. The molecule has 11 nitrogen and oxygen atoms in total. The van der Waals surface area contributed by atoms with Crippen molar-refractivity contribution in [3.8, 4) is 0 Å². The number of hydrogen-bond donors (Lipinski definition) is 1. The Hall–Kier alpha value is -2.54. The smallest absolute Gasteiger partial charge is 0.343 e. The molecule has 1 aromatic carbocycles. The van der Waals surface area contributed by atoms with E-state index in [1.165, 1.54) is 0 Å². The summed E-state index contributed by atoms with van der Waals surface area (Å²) in [7, 11) is 0. The van der Waals surface area contributed by atoms with Gasteiger partial charge in [-0.3, -0.25) is 0 Å². The Morgan fingerprint density at radius 1 is 0.854 bits per heavy atom. The van der Waals surface area contributed by atoms with Crippen LogP contribution in [-0.4, -0.2) is 118 Å². The van der Waals surface area contributed by atoms with Gasteiger partial charge in [0.2, 0.25) is 0 Å². The van der Waals surface area contributed by atoms with Crippen LogP contribution < -0.4 is 0 Å². The highest BCUT2D eigenvalue weighted by molar-refractivity contribution is 6.20. The number of carbonyl (C=O) groups is 2. The van der Waals surface area contributed by atoms with Gasteiger partial charge in [0.05, 0.1) is 58.5 Å². The molecule has 1 N–H and O–H groups in total. The van der Waals surface area contributed by atoms with Crippen LogP contribution in [0.2, 0.25) is 0 Å². The molecular weight excluding hydrogens is 618 g/mol. The van der Waals surface area contributed by atoms with Crippen LogP contribution in [0.15, 0.2) is 17.9 Å². The minimum absolute atomic E-state index is 0.0799. The predicted molar refractivity (Wildman–Crippen MR) is 181 cm³/mol. The van der Waals surface area contributed by atoms with E-state index in [0.717, 1.165) is 67.6 Å². The third kappa shape index (κ3) is 11.2. The van der Waals surface area contributed by atoms with Crippen LogP contribution in [0.3, 0.4) is 0 Å². The van der Waals surface area contributed by atoms with Crippen molar-refractivity contribution in [1.29, 1.82) is 0 Å². The molecule has 0 unspecified atom stereocenters. The molecule has 270 valence electrons. The van der Waals surface area contributed by atoms with Gasteiger partial charge in [-0.2, -0.15) is 0 Å². The molecule has 1 saturated carbocycles. The predicted octanol–water partition coefficient (Wildman–Crippen LogP) is 5.01. The molecule has 4 rings (SSSR count).